The maximum Gasteiger partial charge on any atom is 0.199 e. The van der Waals surface area contributed by atoms with Gasteiger partial charge in [0.25, 0.3) is 0 Å². The smallest absolute Gasteiger partial charge is 0.199 e. The molecule has 0 spiro atoms. The van der Waals surface area contributed by atoms with Crippen molar-refractivity contribution >= 4 is 23.8 Å². The Balaban J connectivity index is 1.64. The lowest BCUT2D eigenvalue weighted by atomic mass is 10.0. The lowest BCUT2D eigenvalue weighted by molar-refractivity contribution is 0.187. The quantitative estimate of drug-likeness (QED) is 0.496. The Hall–Kier alpha value is -2.35. The first-order chi connectivity index (χ1) is 14.5. The van der Waals surface area contributed by atoms with Gasteiger partial charge in [0, 0.05) is 36.8 Å². The fourth-order valence-corrected chi connectivity index (χ4v) is 4.48. The minimum Gasteiger partial charge on any atom is -0.497 e. The van der Waals surface area contributed by atoms with E-state index in [1.807, 2.05) is 52.7 Å². The van der Waals surface area contributed by atoms with E-state index < -0.39 is 0 Å². The van der Waals surface area contributed by atoms with E-state index in [1.54, 1.807) is 14.2 Å². The number of halogens is 1. The zero-order valence-corrected chi connectivity index (χ0v) is 18.9. The third-order valence-electron chi connectivity index (χ3n) is 5.63. The van der Waals surface area contributed by atoms with Crippen LogP contribution in [0.4, 0.5) is 0 Å². The molecule has 158 valence electrons. The molecule has 1 aliphatic rings. The highest BCUT2D eigenvalue weighted by atomic mass is 35.5. The van der Waals surface area contributed by atoms with E-state index in [-0.39, 0.29) is 6.04 Å². The van der Waals surface area contributed by atoms with Gasteiger partial charge < -0.3 is 14.0 Å². The largest absolute Gasteiger partial charge is 0.497 e. The normalized spacial score (nSPS) is 16.7. The van der Waals surface area contributed by atoms with E-state index in [0.717, 1.165) is 47.8 Å². The summed E-state index contributed by atoms with van der Waals surface area (Å²) in [4.78, 5) is 2.39. The third kappa shape index (κ3) is 3.85. The number of hydrogen-bond donors (Lipinski definition) is 0. The molecule has 1 atom stereocenters. The molecule has 0 radical (unpaired) electrons. The number of nitrogens with zero attached hydrogens (tertiary/aromatic N) is 4. The first-order valence-electron chi connectivity index (χ1n) is 9.88. The van der Waals surface area contributed by atoms with Crippen LogP contribution < -0.4 is 9.47 Å². The van der Waals surface area contributed by atoms with Gasteiger partial charge in [-0.1, -0.05) is 29.8 Å². The molecule has 30 heavy (non-hydrogen) atoms. The van der Waals surface area contributed by atoms with Crippen molar-refractivity contribution in [1.29, 1.82) is 0 Å². The molecular weight excluding hydrogens is 420 g/mol. The summed E-state index contributed by atoms with van der Waals surface area (Å²) in [6.07, 6.45) is 2.16. The molecule has 0 aliphatic carbocycles. The lowest BCUT2D eigenvalue weighted by Crippen LogP contribution is -2.27. The van der Waals surface area contributed by atoms with Gasteiger partial charge >= 0.3 is 0 Å². The fourth-order valence-electron chi connectivity index (χ4n) is 4.07. The van der Waals surface area contributed by atoms with Gasteiger partial charge in [0.05, 0.1) is 25.9 Å². The SMILES string of the molecule is COc1ccc([C@H]2CCCN2Cn2nc(-c3ccccc3Cl)n(C)c2=S)c(OC)c1. The van der Waals surface area contributed by atoms with Crippen molar-refractivity contribution in [1.82, 2.24) is 19.2 Å². The third-order valence-corrected chi connectivity index (χ3v) is 6.45. The molecule has 0 saturated carbocycles. The first-order valence-corrected chi connectivity index (χ1v) is 10.7. The van der Waals surface area contributed by atoms with E-state index in [2.05, 4.69) is 11.0 Å². The highest BCUT2D eigenvalue weighted by Gasteiger charge is 2.29. The average Bonchev–Trinajstić information content (AvgIpc) is 3.33. The molecule has 1 saturated heterocycles. The number of aromatic nitrogens is 3. The van der Waals surface area contributed by atoms with Crippen molar-refractivity contribution in [3.05, 3.63) is 57.8 Å². The summed E-state index contributed by atoms with van der Waals surface area (Å²) >= 11 is 12.1. The second-order valence-corrected chi connectivity index (χ2v) is 8.14. The molecular formula is C22H25ClN4O2S. The van der Waals surface area contributed by atoms with Crippen molar-refractivity contribution in [3.63, 3.8) is 0 Å². The summed E-state index contributed by atoms with van der Waals surface area (Å²) in [7, 11) is 5.29. The van der Waals surface area contributed by atoms with E-state index in [4.69, 9.17) is 38.4 Å². The van der Waals surface area contributed by atoms with E-state index in [1.165, 1.54) is 0 Å². The van der Waals surface area contributed by atoms with Crippen molar-refractivity contribution in [2.45, 2.75) is 25.6 Å². The van der Waals surface area contributed by atoms with Gasteiger partial charge in [0.15, 0.2) is 10.6 Å². The Bertz CT molecular complexity index is 1110. The van der Waals surface area contributed by atoms with Crippen LogP contribution in [0.25, 0.3) is 11.4 Å². The number of methoxy groups -OCH3 is 2. The highest BCUT2D eigenvalue weighted by molar-refractivity contribution is 7.71. The van der Waals surface area contributed by atoms with Crippen LogP contribution >= 0.6 is 23.8 Å². The molecule has 1 fully saturated rings. The Morgan fingerprint density at radius 3 is 2.70 bits per heavy atom. The number of likely N-dealkylation sites (tertiary alicyclic amines) is 1. The molecule has 2 heterocycles. The number of rotatable bonds is 6. The Labute approximate surface area is 186 Å². The molecule has 1 aliphatic heterocycles. The van der Waals surface area contributed by atoms with Crippen LogP contribution in [0.2, 0.25) is 5.02 Å². The first kappa shape index (κ1) is 20.9. The van der Waals surface area contributed by atoms with Crippen LogP contribution in [0.3, 0.4) is 0 Å². The maximum atomic E-state index is 6.39. The highest BCUT2D eigenvalue weighted by Crippen LogP contribution is 2.39. The molecule has 0 bridgehead atoms. The van der Waals surface area contributed by atoms with E-state index in [0.29, 0.717) is 16.5 Å². The van der Waals surface area contributed by atoms with Crippen LogP contribution in [0.1, 0.15) is 24.4 Å². The summed E-state index contributed by atoms with van der Waals surface area (Å²) in [5.41, 5.74) is 2.03. The predicted octanol–water partition coefficient (Wildman–Crippen LogP) is 5.08. The predicted molar refractivity (Wildman–Crippen MR) is 121 cm³/mol. The van der Waals surface area contributed by atoms with Crippen molar-refractivity contribution in [3.8, 4) is 22.9 Å². The van der Waals surface area contributed by atoms with E-state index in [9.17, 15) is 0 Å². The summed E-state index contributed by atoms with van der Waals surface area (Å²) in [6.45, 7) is 1.58. The van der Waals surface area contributed by atoms with Crippen LogP contribution in [0, 0.1) is 4.77 Å². The molecule has 6 nitrogen and oxygen atoms in total. The molecule has 3 aromatic rings. The zero-order chi connectivity index (χ0) is 21.3. The molecule has 0 unspecified atom stereocenters. The minimum atomic E-state index is 0.235. The second-order valence-electron chi connectivity index (χ2n) is 7.36. The number of ether oxygens (including phenoxy) is 2. The molecule has 0 N–H and O–H groups in total. The number of hydrogen-bond acceptors (Lipinski definition) is 5. The van der Waals surface area contributed by atoms with Gasteiger partial charge in [0.1, 0.15) is 11.5 Å². The average molecular weight is 445 g/mol. The lowest BCUT2D eigenvalue weighted by Gasteiger charge is -2.26. The maximum absolute atomic E-state index is 6.39. The monoisotopic (exact) mass is 444 g/mol. The zero-order valence-electron chi connectivity index (χ0n) is 17.3. The van der Waals surface area contributed by atoms with Gasteiger partial charge in [-0.15, -0.1) is 0 Å². The van der Waals surface area contributed by atoms with Gasteiger partial charge in [-0.05, 0) is 43.3 Å². The van der Waals surface area contributed by atoms with Crippen LogP contribution in [-0.4, -0.2) is 40.0 Å². The van der Waals surface area contributed by atoms with Crippen LogP contribution in [-0.2, 0) is 13.7 Å². The van der Waals surface area contributed by atoms with Gasteiger partial charge in [-0.2, -0.15) is 5.10 Å². The van der Waals surface area contributed by atoms with Crippen molar-refractivity contribution < 1.29 is 9.47 Å². The summed E-state index contributed by atoms with van der Waals surface area (Å²) in [5.74, 6) is 2.40. The van der Waals surface area contributed by atoms with Crippen molar-refractivity contribution in [2.75, 3.05) is 20.8 Å². The standard InChI is InChI=1S/C22H25ClN4O2S/c1-25-21(16-7-4-5-8-18(16)23)24-27(22(25)30)14-26-12-6-9-19(26)17-11-10-15(28-2)13-20(17)29-3/h4-5,7-8,10-11,13,19H,6,9,12,14H2,1-3H3/t19-/m1/s1. The van der Waals surface area contributed by atoms with Gasteiger partial charge in [0.2, 0.25) is 0 Å². The molecule has 8 heteroatoms. The molecule has 2 aromatic carbocycles. The van der Waals surface area contributed by atoms with Crippen LogP contribution in [0.5, 0.6) is 11.5 Å². The summed E-state index contributed by atoms with van der Waals surface area (Å²) in [6, 6.07) is 13.9. The van der Waals surface area contributed by atoms with Crippen LogP contribution in [0.15, 0.2) is 42.5 Å². The minimum absolute atomic E-state index is 0.235. The Morgan fingerprint density at radius 1 is 1.17 bits per heavy atom. The number of benzene rings is 2. The summed E-state index contributed by atoms with van der Waals surface area (Å²) in [5, 5.41) is 5.46. The molecule has 1 aromatic heterocycles. The fraction of sp³-hybridized carbons (Fsp3) is 0.364. The van der Waals surface area contributed by atoms with Gasteiger partial charge in [-0.25, -0.2) is 4.68 Å². The Kier molecular flexibility index (Phi) is 6.13. The van der Waals surface area contributed by atoms with Crippen molar-refractivity contribution in [2.24, 2.45) is 7.05 Å². The molecule has 0 amide bonds. The molecule has 4 rings (SSSR count). The second kappa shape index (κ2) is 8.79. The van der Waals surface area contributed by atoms with Gasteiger partial charge in [-0.3, -0.25) is 4.90 Å². The summed E-state index contributed by atoms with van der Waals surface area (Å²) < 4.78 is 15.4. The Morgan fingerprint density at radius 2 is 1.97 bits per heavy atom. The van der Waals surface area contributed by atoms with E-state index >= 15 is 0 Å². The topological polar surface area (TPSA) is 44.5 Å².